The Hall–Kier alpha value is -1.47. The van der Waals surface area contributed by atoms with Gasteiger partial charge in [-0.25, -0.2) is 0 Å². The van der Waals surface area contributed by atoms with E-state index in [-0.39, 0.29) is 23.3 Å². The molecule has 1 aliphatic heterocycles. The van der Waals surface area contributed by atoms with Crippen LogP contribution in [0.5, 0.6) is 0 Å². The second-order valence-corrected chi connectivity index (χ2v) is 7.58. The number of rotatable bonds is 11. The fourth-order valence-corrected chi connectivity index (χ4v) is 2.52. The Bertz CT molecular complexity index is 472. The van der Waals surface area contributed by atoms with Gasteiger partial charge in [0.05, 0.1) is 24.4 Å². The van der Waals surface area contributed by atoms with Crippen molar-refractivity contribution < 1.29 is 23.9 Å². The van der Waals surface area contributed by atoms with Crippen LogP contribution < -0.4 is 5.32 Å². The molecule has 3 amide bonds. The van der Waals surface area contributed by atoms with Gasteiger partial charge in [0.15, 0.2) is 0 Å². The Labute approximate surface area is 150 Å². The van der Waals surface area contributed by atoms with Crippen molar-refractivity contribution in [1.82, 2.24) is 10.2 Å². The number of amides is 3. The van der Waals surface area contributed by atoms with Gasteiger partial charge in [-0.1, -0.05) is 0 Å². The zero-order chi connectivity index (χ0) is 19.1. The molecule has 7 nitrogen and oxygen atoms in total. The van der Waals surface area contributed by atoms with E-state index in [0.29, 0.717) is 51.9 Å². The normalized spacial score (nSPS) is 15.8. The highest BCUT2D eigenvalue weighted by molar-refractivity contribution is 6.01. The molecule has 0 bridgehead atoms. The Morgan fingerprint density at radius 1 is 1.00 bits per heavy atom. The lowest BCUT2D eigenvalue weighted by Crippen LogP contribution is -2.37. The standard InChI is InChI=1S/C18H32N2O5/c1-17(2,9-11-20-15(22)6-7-16(20)23)25-13-10-18(3,4)24-12-8-14(21)19-5/h6-13H2,1-5H3,(H,19,21). The number of ether oxygens (including phenoxy) is 2. The molecule has 0 aliphatic carbocycles. The molecule has 1 N–H and O–H groups in total. The Kier molecular flexibility index (Phi) is 8.02. The minimum Gasteiger partial charge on any atom is -0.375 e. The average molecular weight is 356 g/mol. The SMILES string of the molecule is CNC(=O)CCOC(C)(C)CCOC(C)(C)CCN1C(=O)CCC1=O. The van der Waals surface area contributed by atoms with Crippen molar-refractivity contribution in [2.45, 2.75) is 71.0 Å². The first kappa shape index (κ1) is 21.6. The Morgan fingerprint density at radius 3 is 2.08 bits per heavy atom. The smallest absolute Gasteiger partial charge is 0.229 e. The minimum absolute atomic E-state index is 0.0424. The largest absolute Gasteiger partial charge is 0.375 e. The maximum Gasteiger partial charge on any atom is 0.229 e. The fraction of sp³-hybridized carbons (Fsp3) is 0.833. The Balaban J connectivity index is 2.29. The second kappa shape index (κ2) is 9.29. The van der Waals surface area contributed by atoms with Gasteiger partial charge in [-0.15, -0.1) is 0 Å². The summed E-state index contributed by atoms with van der Waals surface area (Å²) < 4.78 is 11.7. The molecule has 25 heavy (non-hydrogen) atoms. The van der Waals surface area contributed by atoms with Crippen LogP contribution in [0.15, 0.2) is 0 Å². The monoisotopic (exact) mass is 356 g/mol. The molecule has 0 saturated carbocycles. The maximum absolute atomic E-state index is 11.6. The molecule has 0 radical (unpaired) electrons. The van der Waals surface area contributed by atoms with E-state index >= 15 is 0 Å². The zero-order valence-electron chi connectivity index (χ0n) is 16.1. The van der Waals surface area contributed by atoms with Crippen LogP contribution in [-0.4, -0.2) is 60.6 Å². The van der Waals surface area contributed by atoms with E-state index in [9.17, 15) is 14.4 Å². The van der Waals surface area contributed by atoms with Gasteiger partial charge in [0.25, 0.3) is 0 Å². The molecule has 0 aromatic heterocycles. The summed E-state index contributed by atoms with van der Waals surface area (Å²) in [5.41, 5.74) is -0.813. The summed E-state index contributed by atoms with van der Waals surface area (Å²) in [5.74, 6) is -0.225. The number of nitrogens with zero attached hydrogens (tertiary/aromatic N) is 1. The highest BCUT2D eigenvalue weighted by Gasteiger charge is 2.31. The molecule has 0 aromatic rings. The van der Waals surface area contributed by atoms with E-state index in [0.717, 1.165) is 0 Å². The van der Waals surface area contributed by atoms with Crippen molar-refractivity contribution in [3.63, 3.8) is 0 Å². The fourth-order valence-electron chi connectivity index (χ4n) is 2.52. The summed E-state index contributed by atoms with van der Waals surface area (Å²) in [5, 5.41) is 2.56. The highest BCUT2D eigenvalue weighted by Crippen LogP contribution is 2.21. The number of imide groups is 1. The molecule has 7 heteroatoms. The molecule has 0 aromatic carbocycles. The number of hydrogen-bond donors (Lipinski definition) is 1. The molecule has 1 saturated heterocycles. The van der Waals surface area contributed by atoms with Crippen LogP contribution in [0.2, 0.25) is 0 Å². The molecular formula is C18H32N2O5. The van der Waals surface area contributed by atoms with Crippen molar-refractivity contribution in [2.24, 2.45) is 0 Å². The first-order valence-corrected chi connectivity index (χ1v) is 8.88. The second-order valence-electron chi connectivity index (χ2n) is 7.58. The van der Waals surface area contributed by atoms with E-state index in [2.05, 4.69) is 5.32 Å². The summed E-state index contributed by atoms with van der Waals surface area (Å²) in [6, 6.07) is 0. The van der Waals surface area contributed by atoms with Crippen LogP contribution in [0.3, 0.4) is 0 Å². The summed E-state index contributed by atoms with van der Waals surface area (Å²) in [4.78, 5) is 35.8. The van der Waals surface area contributed by atoms with Crippen LogP contribution in [0.4, 0.5) is 0 Å². The van der Waals surface area contributed by atoms with Crippen molar-refractivity contribution >= 4 is 17.7 Å². The number of hydrogen-bond acceptors (Lipinski definition) is 5. The molecule has 0 spiro atoms. The Morgan fingerprint density at radius 2 is 1.52 bits per heavy atom. The lowest BCUT2D eigenvalue weighted by atomic mass is 10.0. The van der Waals surface area contributed by atoms with Gasteiger partial charge in [-0.05, 0) is 40.5 Å². The van der Waals surface area contributed by atoms with Gasteiger partial charge >= 0.3 is 0 Å². The summed E-state index contributed by atoms with van der Waals surface area (Å²) >= 11 is 0. The van der Waals surface area contributed by atoms with E-state index in [1.54, 1.807) is 7.05 Å². The average Bonchev–Trinajstić information content (AvgIpc) is 2.83. The quantitative estimate of drug-likeness (QED) is 0.569. The lowest BCUT2D eigenvalue weighted by molar-refractivity contribution is -0.139. The summed E-state index contributed by atoms with van der Waals surface area (Å²) in [6.07, 6.45) is 2.27. The molecule has 1 fully saturated rings. The zero-order valence-corrected chi connectivity index (χ0v) is 16.1. The van der Waals surface area contributed by atoms with Crippen LogP contribution in [0.1, 0.15) is 59.8 Å². The van der Waals surface area contributed by atoms with Crippen LogP contribution in [0.25, 0.3) is 0 Å². The number of likely N-dealkylation sites (tertiary alicyclic amines) is 1. The molecule has 0 unspecified atom stereocenters. The maximum atomic E-state index is 11.6. The lowest BCUT2D eigenvalue weighted by Gasteiger charge is -2.30. The van der Waals surface area contributed by atoms with Crippen LogP contribution in [0, 0.1) is 0 Å². The molecular weight excluding hydrogens is 324 g/mol. The van der Waals surface area contributed by atoms with Crippen LogP contribution >= 0.6 is 0 Å². The predicted octanol–water partition coefficient (Wildman–Crippen LogP) is 1.64. The predicted molar refractivity (Wildman–Crippen MR) is 93.9 cm³/mol. The van der Waals surface area contributed by atoms with E-state index in [1.165, 1.54) is 4.90 Å². The number of carbonyl (C=O) groups excluding carboxylic acids is 3. The minimum atomic E-state index is -0.429. The van der Waals surface area contributed by atoms with Gasteiger partial charge in [-0.2, -0.15) is 0 Å². The van der Waals surface area contributed by atoms with Gasteiger partial charge in [0, 0.05) is 32.9 Å². The third kappa shape index (κ3) is 7.96. The first-order valence-electron chi connectivity index (χ1n) is 8.88. The molecule has 144 valence electrons. The van der Waals surface area contributed by atoms with E-state index < -0.39 is 5.60 Å². The van der Waals surface area contributed by atoms with Gasteiger partial charge in [-0.3, -0.25) is 19.3 Å². The van der Waals surface area contributed by atoms with E-state index in [4.69, 9.17) is 9.47 Å². The molecule has 0 atom stereocenters. The van der Waals surface area contributed by atoms with Gasteiger partial charge in [0.1, 0.15) is 0 Å². The topological polar surface area (TPSA) is 84.9 Å². The third-order valence-corrected chi connectivity index (χ3v) is 4.39. The first-order chi connectivity index (χ1) is 11.6. The highest BCUT2D eigenvalue weighted by atomic mass is 16.5. The summed E-state index contributed by atoms with van der Waals surface area (Å²) in [6.45, 7) is 9.12. The van der Waals surface area contributed by atoms with Crippen molar-refractivity contribution in [1.29, 1.82) is 0 Å². The van der Waals surface area contributed by atoms with Gasteiger partial charge < -0.3 is 14.8 Å². The van der Waals surface area contributed by atoms with Gasteiger partial charge in [0.2, 0.25) is 17.7 Å². The van der Waals surface area contributed by atoms with Crippen molar-refractivity contribution in [3.05, 3.63) is 0 Å². The van der Waals surface area contributed by atoms with Crippen LogP contribution in [-0.2, 0) is 23.9 Å². The molecule has 1 rings (SSSR count). The summed E-state index contributed by atoms with van der Waals surface area (Å²) in [7, 11) is 1.60. The number of nitrogens with one attached hydrogen (secondary N) is 1. The van der Waals surface area contributed by atoms with Crippen molar-refractivity contribution in [2.75, 3.05) is 26.8 Å². The van der Waals surface area contributed by atoms with E-state index in [1.807, 2.05) is 27.7 Å². The molecule has 1 aliphatic rings. The van der Waals surface area contributed by atoms with Crippen molar-refractivity contribution in [3.8, 4) is 0 Å². The molecule has 1 heterocycles. The number of carbonyl (C=O) groups is 3. The third-order valence-electron chi connectivity index (χ3n) is 4.39.